The molecule has 0 aromatic carbocycles. The summed E-state index contributed by atoms with van der Waals surface area (Å²) in [7, 11) is 0. The third-order valence-corrected chi connectivity index (χ3v) is 2.43. The van der Waals surface area contributed by atoms with E-state index in [2.05, 4.69) is 5.32 Å². The molecule has 0 radical (unpaired) electrons. The lowest BCUT2D eigenvalue weighted by molar-refractivity contribution is -0.137. The fourth-order valence-electron chi connectivity index (χ4n) is 1.16. The van der Waals surface area contributed by atoms with Gasteiger partial charge in [0.05, 0.1) is 12.5 Å². The third-order valence-electron chi connectivity index (χ3n) is 2.43. The molecule has 0 saturated heterocycles. The molecule has 0 bridgehead atoms. The summed E-state index contributed by atoms with van der Waals surface area (Å²) < 4.78 is 0. The molecule has 5 nitrogen and oxygen atoms in total. The molecule has 5 heteroatoms. The Balaban J connectivity index is 4.06. The molecule has 0 aliphatic rings. The van der Waals surface area contributed by atoms with Gasteiger partial charge in [-0.25, -0.2) is 0 Å². The summed E-state index contributed by atoms with van der Waals surface area (Å²) in [5.41, 5.74) is 5.69. The van der Waals surface area contributed by atoms with Gasteiger partial charge in [0, 0.05) is 6.04 Å². The highest BCUT2D eigenvalue weighted by atomic mass is 16.4. The predicted molar refractivity (Wildman–Crippen MR) is 57.3 cm³/mol. The van der Waals surface area contributed by atoms with E-state index in [1.807, 2.05) is 13.8 Å². The number of carboxylic acid groups (broad SMARTS) is 1. The zero-order chi connectivity index (χ0) is 12.0. The van der Waals surface area contributed by atoms with Crippen molar-refractivity contribution in [3.8, 4) is 0 Å². The molecule has 88 valence electrons. The second-order valence-electron chi connectivity index (χ2n) is 3.92. The van der Waals surface area contributed by atoms with Crippen molar-refractivity contribution in [1.29, 1.82) is 0 Å². The van der Waals surface area contributed by atoms with Crippen molar-refractivity contribution in [2.75, 3.05) is 0 Å². The molecule has 4 N–H and O–H groups in total. The molecular formula is C10H20N2O3. The lowest BCUT2D eigenvalue weighted by atomic mass is 9.99. The topological polar surface area (TPSA) is 92.4 Å². The van der Waals surface area contributed by atoms with Crippen molar-refractivity contribution in [3.63, 3.8) is 0 Å². The second kappa shape index (κ2) is 6.40. The number of carbonyl (C=O) groups is 2. The van der Waals surface area contributed by atoms with Crippen LogP contribution >= 0.6 is 0 Å². The first-order chi connectivity index (χ1) is 6.88. The molecule has 0 saturated carbocycles. The molecule has 0 fully saturated rings. The Kier molecular flexibility index (Phi) is 5.93. The van der Waals surface area contributed by atoms with E-state index < -0.39 is 12.0 Å². The van der Waals surface area contributed by atoms with Gasteiger partial charge in [-0.05, 0) is 12.8 Å². The average Bonchev–Trinajstić information content (AvgIpc) is 2.13. The van der Waals surface area contributed by atoms with Gasteiger partial charge in [-0.1, -0.05) is 20.3 Å². The Morgan fingerprint density at radius 1 is 1.40 bits per heavy atom. The number of rotatable bonds is 6. The van der Waals surface area contributed by atoms with Crippen LogP contribution in [0.1, 0.15) is 33.6 Å². The fourth-order valence-corrected chi connectivity index (χ4v) is 1.16. The van der Waals surface area contributed by atoms with Crippen LogP contribution in [0.5, 0.6) is 0 Å². The number of hydrogen-bond acceptors (Lipinski definition) is 3. The number of carboxylic acids is 1. The summed E-state index contributed by atoms with van der Waals surface area (Å²) in [6, 6.07) is -0.948. The summed E-state index contributed by atoms with van der Waals surface area (Å²) in [4.78, 5) is 21.9. The first-order valence-corrected chi connectivity index (χ1v) is 5.16. The minimum absolute atomic E-state index is 0.0844. The molecule has 1 amide bonds. The van der Waals surface area contributed by atoms with E-state index in [-0.39, 0.29) is 24.3 Å². The maximum Gasteiger partial charge on any atom is 0.305 e. The van der Waals surface area contributed by atoms with Gasteiger partial charge in [0.1, 0.15) is 0 Å². The summed E-state index contributed by atoms with van der Waals surface area (Å²) >= 11 is 0. The normalized spacial score (nSPS) is 16.5. The van der Waals surface area contributed by atoms with Gasteiger partial charge in [0.2, 0.25) is 5.91 Å². The second-order valence-corrected chi connectivity index (χ2v) is 3.92. The van der Waals surface area contributed by atoms with Crippen molar-refractivity contribution < 1.29 is 14.7 Å². The number of hydrogen-bond donors (Lipinski definition) is 3. The van der Waals surface area contributed by atoms with Crippen molar-refractivity contribution in [3.05, 3.63) is 0 Å². The summed E-state index contributed by atoms with van der Waals surface area (Å²) in [5, 5.41) is 11.1. The van der Waals surface area contributed by atoms with E-state index >= 15 is 0 Å². The van der Waals surface area contributed by atoms with Crippen LogP contribution < -0.4 is 11.1 Å². The molecule has 2 unspecified atom stereocenters. The van der Waals surface area contributed by atoms with E-state index in [1.165, 1.54) is 0 Å². The molecule has 0 spiro atoms. The van der Waals surface area contributed by atoms with Crippen LogP contribution in [0.3, 0.4) is 0 Å². The maximum absolute atomic E-state index is 11.5. The highest BCUT2D eigenvalue weighted by Crippen LogP contribution is 2.05. The molecule has 0 aromatic heterocycles. The molecule has 3 atom stereocenters. The van der Waals surface area contributed by atoms with Crippen LogP contribution in [0.4, 0.5) is 0 Å². The Hall–Kier alpha value is -1.10. The van der Waals surface area contributed by atoms with Crippen molar-refractivity contribution in [2.45, 2.75) is 45.7 Å². The van der Waals surface area contributed by atoms with Gasteiger partial charge in [-0.2, -0.15) is 0 Å². The van der Waals surface area contributed by atoms with Gasteiger partial charge < -0.3 is 16.2 Å². The molecule has 0 aliphatic heterocycles. The summed E-state index contributed by atoms with van der Waals surface area (Å²) in [6.45, 7) is 5.50. The van der Waals surface area contributed by atoms with E-state index in [1.54, 1.807) is 6.92 Å². The quantitative estimate of drug-likeness (QED) is 0.597. The molecule has 15 heavy (non-hydrogen) atoms. The maximum atomic E-state index is 11.5. The first-order valence-electron chi connectivity index (χ1n) is 5.16. The largest absolute Gasteiger partial charge is 0.481 e. The minimum atomic E-state index is -0.931. The molecule has 0 aliphatic carbocycles. The van der Waals surface area contributed by atoms with E-state index in [0.29, 0.717) is 0 Å². The minimum Gasteiger partial charge on any atom is -0.481 e. The highest BCUT2D eigenvalue weighted by Gasteiger charge is 2.21. The fraction of sp³-hybridized carbons (Fsp3) is 0.800. The Morgan fingerprint density at radius 2 is 1.93 bits per heavy atom. The van der Waals surface area contributed by atoms with E-state index in [0.717, 1.165) is 6.42 Å². The van der Waals surface area contributed by atoms with Crippen LogP contribution in [-0.4, -0.2) is 29.1 Å². The molecule has 0 aromatic rings. The lowest BCUT2D eigenvalue weighted by Gasteiger charge is -2.20. The molecular weight excluding hydrogens is 196 g/mol. The van der Waals surface area contributed by atoms with Gasteiger partial charge in [0.15, 0.2) is 0 Å². The van der Waals surface area contributed by atoms with Gasteiger partial charge in [-0.15, -0.1) is 0 Å². The summed E-state index contributed by atoms with van der Waals surface area (Å²) in [5.74, 6) is -1.11. The van der Waals surface area contributed by atoms with Crippen LogP contribution in [0.25, 0.3) is 0 Å². The number of nitrogens with one attached hydrogen (secondary N) is 1. The predicted octanol–water partition coefficient (Wildman–Crippen LogP) is 0.339. The Morgan fingerprint density at radius 3 is 2.33 bits per heavy atom. The van der Waals surface area contributed by atoms with Crippen LogP contribution in [-0.2, 0) is 9.59 Å². The van der Waals surface area contributed by atoms with Crippen LogP contribution in [0.2, 0.25) is 0 Å². The summed E-state index contributed by atoms with van der Waals surface area (Å²) in [6.07, 6.45) is 0.737. The Labute approximate surface area is 90.0 Å². The van der Waals surface area contributed by atoms with Gasteiger partial charge >= 0.3 is 5.97 Å². The van der Waals surface area contributed by atoms with E-state index in [9.17, 15) is 9.59 Å². The number of carbonyl (C=O) groups excluding carboxylic acids is 1. The number of nitrogens with two attached hydrogens (primary N) is 1. The SMILES string of the molecule is CCC(C)[C@H](N)C(=O)NC(C)CC(=O)O. The zero-order valence-corrected chi connectivity index (χ0v) is 9.49. The van der Waals surface area contributed by atoms with Crippen LogP contribution in [0, 0.1) is 5.92 Å². The number of aliphatic carboxylic acids is 1. The van der Waals surface area contributed by atoms with Crippen molar-refractivity contribution in [2.24, 2.45) is 11.7 Å². The third kappa shape index (κ3) is 5.37. The average molecular weight is 216 g/mol. The van der Waals surface area contributed by atoms with E-state index in [4.69, 9.17) is 10.8 Å². The lowest BCUT2D eigenvalue weighted by Crippen LogP contribution is -2.47. The van der Waals surface area contributed by atoms with Gasteiger partial charge in [-0.3, -0.25) is 9.59 Å². The van der Waals surface area contributed by atoms with Crippen molar-refractivity contribution in [1.82, 2.24) is 5.32 Å². The highest BCUT2D eigenvalue weighted by molar-refractivity contribution is 5.82. The standard InChI is InChI=1S/C10H20N2O3/c1-4-6(2)9(11)10(15)12-7(3)5-8(13)14/h6-7,9H,4-5,11H2,1-3H3,(H,12,15)(H,13,14)/t6?,7?,9-/m0/s1. The number of amides is 1. The van der Waals surface area contributed by atoms with Crippen LogP contribution in [0.15, 0.2) is 0 Å². The first kappa shape index (κ1) is 13.9. The smallest absolute Gasteiger partial charge is 0.305 e. The monoisotopic (exact) mass is 216 g/mol. The van der Waals surface area contributed by atoms with Crippen molar-refractivity contribution >= 4 is 11.9 Å². The van der Waals surface area contributed by atoms with Gasteiger partial charge in [0.25, 0.3) is 0 Å². The Bertz CT molecular complexity index is 231. The zero-order valence-electron chi connectivity index (χ0n) is 9.49. The molecule has 0 rings (SSSR count). The molecule has 0 heterocycles.